The molecule has 21 heavy (non-hydrogen) atoms. The Balaban J connectivity index is 1.71. The van der Waals surface area contributed by atoms with E-state index in [-0.39, 0.29) is 5.82 Å². The molecule has 1 aliphatic rings. The molecular weight excluding hydrogens is 267 g/mol. The molecule has 0 spiro atoms. The van der Waals surface area contributed by atoms with Gasteiger partial charge in [0, 0.05) is 38.1 Å². The van der Waals surface area contributed by atoms with Crippen molar-refractivity contribution in [2.45, 2.75) is 0 Å². The second kappa shape index (κ2) is 5.80. The number of piperazine rings is 1. The molecule has 0 bridgehead atoms. The smallest absolute Gasteiger partial charge is 0.128 e. The molecule has 0 atom stereocenters. The summed E-state index contributed by atoms with van der Waals surface area (Å²) in [7, 11) is 0. The molecule has 2 aromatic rings. The van der Waals surface area contributed by atoms with Crippen LogP contribution in [0.2, 0.25) is 0 Å². The van der Waals surface area contributed by atoms with Crippen LogP contribution < -0.4 is 9.80 Å². The number of benzene rings is 1. The predicted molar refractivity (Wildman–Crippen MR) is 79.8 cm³/mol. The van der Waals surface area contributed by atoms with Crippen LogP contribution in [-0.4, -0.2) is 31.2 Å². The number of rotatable bonds is 2. The van der Waals surface area contributed by atoms with E-state index in [4.69, 9.17) is 5.26 Å². The van der Waals surface area contributed by atoms with Gasteiger partial charge in [-0.25, -0.2) is 9.37 Å². The maximum Gasteiger partial charge on any atom is 0.128 e. The van der Waals surface area contributed by atoms with Gasteiger partial charge in [-0.1, -0.05) is 6.07 Å². The summed E-state index contributed by atoms with van der Waals surface area (Å²) in [5, 5.41) is 8.92. The molecule has 0 N–H and O–H groups in total. The largest absolute Gasteiger partial charge is 0.368 e. The highest BCUT2D eigenvalue weighted by Crippen LogP contribution is 2.21. The Hall–Kier alpha value is -2.61. The fourth-order valence-electron chi connectivity index (χ4n) is 2.56. The highest BCUT2D eigenvalue weighted by Gasteiger charge is 2.18. The van der Waals surface area contributed by atoms with E-state index in [0.717, 1.165) is 37.7 Å². The minimum atomic E-state index is -0.365. The summed E-state index contributed by atoms with van der Waals surface area (Å²) in [5.74, 6) is 0.602. The van der Waals surface area contributed by atoms with Crippen LogP contribution in [0.3, 0.4) is 0 Å². The first-order chi connectivity index (χ1) is 10.3. The lowest BCUT2D eigenvalue weighted by atomic mass is 10.1. The Morgan fingerprint density at radius 3 is 2.48 bits per heavy atom. The predicted octanol–water partition coefficient (Wildman–Crippen LogP) is 2.42. The molecule has 1 saturated heterocycles. The number of hydrogen-bond donors (Lipinski definition) is 0. The lowest BCUT2D eigenvalue weighted by Gasteiger charge is -2.36. The molecule has 3 rings (SSSR count). The average molecular weight is 282 g/mol. The summed E-state index contributed by atoms with van der Waals surface area (Å²) in [4.78, 5) is 8.66. The summed E-state index contributed by atoms with van der Waals surface area (Å²) in [6, 6.07) is 12.3. The topological polar surface area (TPSA) is 43.2 Å². The molecule has 0 amide bonds. The van der Waals surface area contributed by atoms with Crippen LogP contribution in [0.25, 0.3) is 0 Å². The molecule has 0 radical (unpaired) electrons. The second-order valence-corrected chi connectivity index (χ2v) is 4.97. The Morgan fingerprint density at radius 2 is 1.81 bits per heavy atom. The SMILES string of the molecule is N#Cc1cc(F)cc(N2CCN(c3ccccn3)CC2)c1. The van der Waals surface area contributed by atoms with Crippen LogP contribution in [0, 0.1) is 17.1 Å². The molecule has 0 saturated carbocycles. The molecule has 5 heteroatoms. The molecule has 0 unspecified atom stereocenters. The van der Waals surface area contributed by atoms with Crippen molar-refractivity contribution in [3.05, 3.63) is 54.0 Å². The van der Waals surface area contributed by atoms with Crippen molar-refractivity contribution in [1.82, 2.24) is 4.98 Å². The van der Waals surface area contributed by atoms with Gasteiger partial charge in [0.1, 0.15) is 11.6 Å². The minimum Gasteiger partial charge on any atom is -0.368 e. The Labute approximate surface area is 123 Å². The molecule has 1 aromatic carbocycles. The van der Waals surface area contributed by atoms with E-state index in [1.54, 1.807) is 12.3 Å². The summed E-state index contributed by atoms with van der Waals surface area (Å²) in [5.41, 5.74) is 1.13. The van der Waals surface area contributed by atoms with Crippen molar-refractivity contribution in [3.8, 4) is 6.07 Å². The number of aromatic nitrogens is 1. The van der Waals surface area contributed by atoms with Gasteiger partial charge in [0.05, 0.1) is 11.6 Å². The van der Waals surface area contributed by atoms with E-state index < -0.39 is 0 Å². The number of nitrogens with zero attached hydrogens (tertiary/aromatic N) is 4. The lowest BCUT2D eigenvalue weighted by molar-refractivity contribution is 0.619. The second-order valence-electron chi connectivity index (χ2n) is 4.97. The van der Waals surface area contributed by atoms with Crippen molar-refractivity contribution in [3.63, 3.8) is 0 Å². The van der Waals surface area contributed by atoms with Gasteiger partial charge in [-0.2, -0.15) is 5.26 Å². The molecule has 1 aliphatic heterocycles. The number of pyridine rings is 1. The number of nitriles is 1. The van der Waals surface area contributed by atoms with Crippen molar-refractivity contribution >= 4 is 11.5 Å². The molecule has 106 valence electrons. The Kier molecular flexibility index (Phi) is 3.69. The third kappa shape index (κ3) is 2.95. The maximum absolute atomic E-state index is 13.5. The monoisotopic (exact) mass is 282 g/mol. The molecule has 2 heterocycles. The molecule has 0 aliphatic carbocycles. The van der Waals surface area contributed by atoms with Crippen LogP contribution in [-0.2, 0) is 0 Å². The fourth-order valence-corrected chi connectivity index (χ4v) is 2.56. The van der Waals surface area contributed by atoms with E-state index in [0.29, 0.717) is 5.56 Å². The molecular formula is C16H15FN4. The zero-order valence-electron chi connectivity index (χ0n) is 11.5. The van der Waals surface area contributed by atoms with Crippen molar-refractivity contribution in [1.29, 1.82) is 5.26 Å². The van der Waals surface area contributed by atoms with E-state index in [2.05, 4.69) is 14.8 Å². The maximum atomic E-state index is 13.5. The van der Waals surface area contributed by atoms with Gasteiger partial charge in [0.15, 0.2) is 0 Å². The third-order valence-corrected chi connectivity index (χ3v) is 3.63. The first-order valence-corrected chi connectivity index (χ1v) is 6.88. The van der Waals surface area contributed by atoms with Crippen LogP contribution in [0.4, 0.5) is 15.9 Å². The number of halogens is 1. The van der Waals surface area contributed by atoms with Crippen LogP contribution in [0.5, 0.6) is 0 Å². The van der Waals surface area contributed by atoms with Gasteiger partial charge in [0.25, 0.3) is 0 Å². The summed E-state index contributed by atoms with van der Waals surface area (Å²) < 4.78 is 13.5. The zero-order chi connectivity index (χ0) is 14.7. The molecule has 1 fully saturated rings. The quantitative estimate of drug-likeness (QED) is 0.848. The van der Waals surface area contributed by atoms with Crippen LogP contribution >= 0.6 is 0 Å². The number of anilines is 2. The summed E-state index contributed by atoms with van der Waals surface area (Å²) >= 11 is 0. The van der Waals surface area contributed by atoms with Crippen molar-refractivity contribution in [2.24, 2.45) is 0 Å². The molecule has 1 aromatic heterocycles. The van der Waals surface area contributed by atoms with Crippen molar-refractivity contribution in [2.75, 3.05) is 36.0 Å². The van der Waals surface area contributed by atoms with E-state index in [1.165, 1.54) is 12.1 Å². The van der Waals surface area contributed by atoms with Crippen LogP contribution in [0.15, 0.2) is 42.6 Å². The van der Waals surface area contributed by atoms with Gasteiger partial charge in [-0.15, -0.1) is 0 Å². The number of hydrogen-bond acceptors (Lipinski definition) is 4. The Bertz CT molecular complexity index is 658. The van der Waals surface area contributed by atoms with Crippen LogP contribution in [0.1, 0.15) is 5.56 Å². The van der Waals surface area contributed by atoms with Gasteiger partial charge < -0.3 is 9.80 Å². The minimum absolute atomic E-state index is 0.358. The lowest BCUT2D eigenvalue weighted by Crippen LogP contribution is -2.46. The zero-order valence-corrected chi connectivity index (χ0v) is 11.5. The van der Waals surface area contributed by atoms with E-state index in [1.807, 2.05) is 24.3 Å². The first-order valence-electron chi connectivity index (χ1n) is 6.88. The summed E-state index contributed by atoms with van der Waals surface area (Å²) in [6.07, 6.45) is 1.79. The van der Waals surface area contributed by atoms with E-state index in [9.17, 15) is 4.39 Å². The van der Waals surface area contributed by atoms with Gasteiger partial charge in [0.2, 0.25) is 0 Å². The standard InChI is InChI=1S/C16H15FN4/c17-14-9-13(12-18)10-15(11-14)20-5-7-21(8-6-20)16-3-1-2-4-19-16/h1-4,9-11H,5-8H2. The van der Waals surface area contributed by atoms with Crippen molar-refractivity contribution < 1.29 is 4.39 Å². The van der Waals surface area contributed by atoms with Gasteiger partial charge >= 0.3 is 0 Å². The first kappa shape index (κ1) is 13.4. The van der Waals surface area contributed by atoms with Gasteiger partial charge in [-0.05, 0) is 30.3 Å². The normalized spacial score (nSPS) is 14.9. The van der Waals surface area contributed by atoms with E-state index >= 15 is 0 Å². The third-order valence-electron chi connectivity index (χ3n) is 3.63. The molecule has 4 nitrogen and oxygen atoms in total. The summed E-state index contributed by atoms with van der Waals surface area (Å²) in [6.45, 7) is 3.22. The van der Waals surface area contributed by atoms with Gasteiger partial charge in [-0.3, -0.25) is 0 Å². The average Bonchev–Trinajstić information content (AvgIpc) is 2.55. The fraction of sp³-hybridized carbons (Fsp3) is 0.250. The Morgan fingerprint density at radius 1 is 1.05 bits per heavy atom. The highest BCUT2D eigenvalue weighted by molar-refractivity contribution is 5.53. The highest BCUT2D eigenvalue weighted by atomic mass is 19.1.